The first-order valence-corrected chi connectivity index (χ1v) is 7.32. The minimum Gasteiger partial charge on any atom is -0.318 e. The summed E-state index contributed by atoms with van der Waals surface area (Å²) in [6.07, 6.45) is 4.41. The second-order valence-electron chi connectivity index (χ2n) is 3.86. The van der Waals surface area contributed by atoms with Crippen LogP contribution in [0.1, 0.15) is 25.6 Å². The fraction of sp³-hybridized carbons (Fsp3) is 0.667. The van der Waals surface area contributed by atoms with E-state index < -0.39 is 9.05 Å². The van der Waals surface area contributed by atoms with E-state index in [4.69, 9.17) is 10.7 Å². The molecule has 4 nitrogen and oxygen atoms in total. The van der Waals surface area contributed by atoms with E-state index in [0.29, 0.717) is 5.92 Å². The molecule has 0 aliphatic heterocycles. The molecule has 1 saturated carbocycles. The molecule has 0 saturated heterocycles. The topological polar surface area (TPSA) is 52.0 Å². The summed E-state index contributed by atoms with van der Waals surface area (Å²) in [4.78, 5) is 4.08. The van der Waals surface area contributed by atoms with Gasteiger partial charge in [-0.15, -0.1) is 0 Å². The largest absolute Gasteiger partial charge is 0.318 e. The highest BCUT2D eigenvalue weighted by molar-refractivity contribution is 8.13. The number of nitrogens with zero attached hydrogens (tertiary/aromatic N) is 2. The van der Waals surface area contributed by atoms with Gasteiger partial charge >= 0.3 is 0 Å². The maximum absolute atomic E-state index is 11.3. The molecule has 0 aromatic carbocycles. The molecule has 0 unspecified atom stereocenters. The van der Waals surface area contributed by atoms with Crippen LogP contribution in [0.5, 0.6) is 0 Å². The number of rotatable bonds is 4. The lowest BCUT2D eigenvalue weighted by Gasteiger charge is -2.07. The van der Waals surface area contributed by atoms with Crippen LogP contribution in [0.25, 0.3) is 0 Å². The third-order valence-corrected chi connectivity index (χ3v) is 3.91. The number of imidazole rings is 1. The third kappa shape index (κ3) is 2.34. The van der Waals surface area contributed by atoms with Gasteiger partial charge in [-0.2, -0.15) is 0 Å². The molecule has 1 fully saturated rings. The third-order valence-electron chi connectivity index (χ3n) is 2.61. The summed E-state index contributed by atoms with van der Waals surface area (Å²) in [6.45, 7) is 2.68. The fourth-order valence-corrected chi connectivity index (χ4v) is 2.62. The van der Waals surface area contributed by atoms with Crippen LogP contribution >= 0.6 is 10.7 Å². The number of aryl methyl sites for hydroxylation is 1. The molecule has 1 aliphatic carbocycles. The van der Waals surface area contributed by atoms with E-state index in [-0.39, 0.29) is 5.03 Å². The van der Waals surface area contributed by atoms with Gasteiger partial charge in [0.1, 0.15) is 5.82 Å². The van der Waals surface area contributed by atoms with Crippen LogP contribution in [-0.2, 0) is 22.0 Å². The van der Waals surface area contributed by atoms with Gasteiger partial charge in [-0.3, -0.25) is 0 Å². The molecule has 2 rings (SSSR count). The fourth-order valence-electron chi connectivity index (χ4n) is 1.63. The van der Waals surface area contributed by atoms with Gasteiger partial charge in [0.15, 0.2) is 5.03 Å². The summed E-state index contributed by atoms with van der Waals surface area (Å²) >= 11 is 0. The van der Waals surface area contributed by atoms with Gasteiger partial charge < -0.3 is 4.57 Å². The van der Waals surface area contributed by atoms with Crippen molar-refractivity contribution in [3.05, 3.63) is 12.0 Å². The maximum Gasteiger partial charge on any atom is 0.278 e. The van der Waals surface area contributed by atoms with Gasteiger partial charge in [-0.1, -0.05) is 6.92 Å². The summed E-state index contributed by atoms with van der Waals surface area (Å²) in [6, 6.07) is 0. The monoisotopic (exact) mass is 248 g/mol. The Morgan fingerprint density at radius 2 is 2.27 bits per heavy atom. The highest BCUT2D eigenvalue weighted by Gasteiger charge is 2.27. The van der Waals surface area contributed by atoms with E-state index in [0.717, 1.165) is 18.8 Å². The van der Waals surface area contributed by atoms with Crippen molar-refractivity contribution in [1.82, 2.24) is 9.55 Å². The Labute approximate surface area is 93.7 Å². The summed E-state index contributed by atoms with van der Waals surface area (Å²) < 4.78 is 24.3. The Bertz CT molecular complexity index is 462. The number of hydrogen-bond acceptors (Lipinski definition) is 3. The van der Waals surface area contributed by atoms with E-state index in [1.165, 1.54) is 19.0 Å². The molecule has 0 radical (unpaired) electrons. The smallest absolute Gasteiger partial charge is 0.278 e. The van der Waals surface area contributed by atoms with Crippen molar-refractivity contribution >= 4 is 19.7 Å². The lowest BCUT2D eigenvalue weighted by atomic mass is 10.4. The normalized spacial score (nSPS) is 16.9. The second-order valence-corrected chi connectivity index (χ2v) is 6.37. The van der Waals surface area contributed by atoms with E-state index in [2.05, 4.69) is 4.98 Å². The molecule has 1 heterocycles. The minimum atomic E-state index is -3.67. The summed E-state index contributed by atoms with van der Waals surface area (Å²) in [5.74, 6) is 1.39. The average molecular weight is 249 g/mol. The van der Waals surface area contributed by atoms with E-state index in [1.54, 1.807) is 4.57 Å². The molecule has 0 atom stereocenters. The predicted molar refractivity (Wildman–Crippen MR) is 57.4 cm³/mol. The summed E-state index contributed by atoms with van der Waals surface area (Å²) in [5, 5.41) is 0.132. The second kappa shape index (κ2) is 3.79. The molecule has 1 aromatic rings. The highest BCUT2D eigenvalue weighted by atomic mass is 35.7. The molecule has 0 spiro atoms. The van der Waals surface area contributed by atoms with Crippen molar-refractivity contribution in [2.75, 3.05) is 0 Å². The summed E-state index contributed by atoms with van der Waals surface area (Å²) in [5.41, 5.74) is 0. The van der Waals surface area contributed by atoms with Gasteiger partial charge in [0.05, 0.1) is 6.20 Å². The Morgan fingerprint density at radius 3 is 2.73 bits per heavy atom. The van der Waals surface area contributed by atoms with Crippen LogP contribution in [0.2, 0.25) is 0 Å². The molecular formula is C9H13ClN2O2S. The first-order chi connectivity index (χ1) is 7.02. The molecule has 0 N–H and O–H groups in total. The van der Waals surface area contributed by atoms with Crippen molar-refractivity contribution in [3.63, 3.8) is 0 Å². The van der Waals surface area contributed by atoms with E-state index in [1.807, 2.05) is 6.92 Å². The van der Waals surface area contributed by atoms with Gasteiger partial charge in [-0.25, -0.2) is 13.4 Å². The average Bonchev–Trinajstić information content (AvgIpc) is 2.82. The molecular weight excluding hydrogens is 236 g/mol. The maximum atomic E-state index is 11.3. The molecule has 84 valence electrons. The lowest BCUT2D eigenvalue weighted by molar-refractivity contribution is 0.543. The number of hydrogen-bond donors (Lipinski definition) is 0. The number of halogens is 1. The first-order valence-electron chi connectivity index (χ1n) is 5.01. The highest BCUT2D eigenvalue weighted by Crippen LogP contribution is 2.32. The predicted octanol–water partition coefficient (Wildman–Crippen LogP) is 1.78. The van der Waals surface area contributed by atoms with Crippen LogP contribution in [0.4, 0.5) is 0 Å². The SMILES string of the molecule is CCc1ncc(S(=O)(=O)Cl)n1CC1CC1. The lowest BCUT2D eigenvalue weighted by Crippen LogP contribution is -2.10. The van der Waals surface area contributed by atoms with Gasteiger partial charge in [0.25, 0.3) is 9.05 Å². The van der Waals surface area contributed by atoms with Crippen LogP contribution in [0, 0.1) is 5.92 Å². The van der Waals surface area contributed by atoms with Crippen molar-refractivity contribution in [1.29, 1.82) is 0 Å². The van der Waals surface area contributed by atoms with Crippen LogP contribution in [-0.4, -0.2) is 18.0 Å². The van der Waals surface area contributed by atoms with Gasteiger partial charge in [0, 0.05) is 23.6 Å². The van der Waals surface area contributed by atoms with E-state index >= 15 is 0 Å². The quantitative estimate of drug-likeness (QED) is 0.764. The molecule has 1 aliphatic rings. The van der Waals surface area contributed by atoms with Crippen LogP contribution < -0.4 is 0 Å². The Kier molecular flexibility index (Phi) is 2.77. The molecule has 6 heteroatoms. The molecule has 0 bridgehead atoms. The van der Waals surface area contributed by atoms with E-state index in [9.17, 15) is 8.42 Å². The molecule has 1 aromatic heterocycles. The van der Waals surface area contributed by atoms with Crippen molar-refractivity contribution in [2.45, 2.75) is 37.8 Å². The summed E-state index contributed by atoms with van der Waals surface area (Å²) in [7, 11) is 1.68. The zero-order chi connectivity index (χ0) is 11.1. The first kappa shape index (κ1) is 11.0. The minimum absolute atomic E-state index is 0.132. The van der Waals surface area contributed by atoms with Crippen LogP contribution in [0.3, 0.4) is 0 Å². The zero-order valence-corrected chi connectivity index (χ0v) is 10.1. The van der Waals surface area contributed by atoms with Crippen molar-refractivity contribution in [3.8, 4) is 0 Å². The van der Waals surface area contributed by atoms with Crippen molar-refractivity contribution in [2.24, 2.45) is 5.92 Å². The number of aromatic nitrogens is 2. The van der Waals surface area contributed by atoms with Crippen molar-refractivity contribution < 1.29 is 8.42 Å². The van der Waals surface area contributed by atoms with Crippen LogP contribution in [0.15, 0.2) is 11.2 Å². The Hall–Kier alpha value is -0.550. The molecule has 15 heavy (non-hydrogen) atoms. The molecule has 0 amide bonds. The van der Waals surface area contributed by atoms with Gasteiger partial charge in [-0.05, 0) is 18.8 Å². The Balaban J connectivity index is 2.40. The zero-order valence-electron chi connectivity index (χ0n) is 8.48. The standard InChI is InChI=1S/C9H13ClN2O2S/c1-2-8-11-5-9(15(10,13)14)12(8)6-7-3-4-7/h5,7H,2-4,6H2,1H3. The van der Waals surface area contributed by atoms with Gasteiger partial charge in [0.2, 0.25) is 0 Å². The Morgan fingerprint density at radius 1 is 1.60 bits per heavy atom.